The predicted octanol–water partition coefficient (Wildman–Crippen LogP) is 4.79. The van der Waals surface area contributed by atoms with Crippen molar-refractivity contribution >= 4 is 17.4 Å². The molecule has 1 aliphatic rings. The van der Waals surface area contributed by atoms with Crippen molar-refractivity contribution in [3.05, 3.63) is 102 Å². The lowest BCUT2D eigenvalue weighted by Crippen LogP contribution is -2.31. The first-order valence-corrected chi connectivity index (χ1v) is 10.5. The van der Waals surface area contributed by atoms with Crippen molar-refractivity contribution in [2.45, 2.75) is 26.5 Å². The lowest BCUT2D eigenvalue weighted by Gasteiger charge is -2.26. The van der Waals surface area contributed by atoms with Crippen LogP contribution in [0.1, 0.15) is 31.1 Å². The Labute approximate surface area is 186 Å². The van der Waals surface area contributed by atoms with Gasteiger partial charge in [-0.05, 0) is 42.0 Å². The molecule has 2 heterocycles. The Bertz CT molecular complexity index is 1140. The quantitative estimate of drug-likeness (QED) is 0.586. The van der Waals surface area contributed by atoms with Crippen LogP contribution in [0.25, 0.3) is 0 Å². The van der Waals surface area contributed by atoms with Gasteiger partial charge >= 0.3 is 0 Å². The summed E-state index contributed by atoms with van der Waals surface area (Å²) < 4.78 is 5.83. The van der Waals surface area contributed by atoms with Gasteiger partial charge in [0.25, 0.3) is 5.91 Å². The number of ketones is 1. The van der Waals surface area contributed by atoms with E-state index in [2.05, 4.69) is 4.98 Å². The summed E-state index contributed by atoms with van der Waals surface area (Å²) >= 11 is 0. The minimum atomic E-state index is -0.797. The lowest BCUT2D eigenvalue weighted by molar-refractivity contribution is -0.119. The molecule has 4 rings (SSSR count). The van der Waals surface area contributed by atoms with Gasteiger partial charge in [-0.15, -0.1) is 0 Å². The van der Waals surface area contributed by atoms with E-state index in [-0.39, 0.29) is 17.3 Å². The highest BCUT2D eigenvalue weighted by Gasteiger charge is 2.45. The number of anilines is 1. The molecule has 1 aromatic heterocycles. The van der Waals surface area contributed by atoms with E-state index in [0.29, 0.717) is 23.7 Å². The number of amides is 1. The highest BCUT2D eigenvalue weighted by Crippen LogP contribution is 2.41. The number of pyridine rings is 1. The maximum atomic E-state index is 13.0. The molecular weight excluding hydrogens is 404 g/mol. The minimum Gasteiger partial charge on any atom is -0.503 e. The number of nitrogens with zero attached hydrogens (tertiary/aromatic N) is 2. The molecular formula is C26H24N2O4. The Kier molecular flexibility index (Phi) is 6.03. The Morgan fingerprint density at radius 2 is 1.72 bits per heavy atom. The number of rotatable bonds is 7. The zero-order valence-corrected chi connectivity index (χ0v) is 17.9. The number of Topliss-reactive ketones (excluding diaryl/α,β-unsaturated/α-hetero) is 1. The van der Waals surface area contributed by atoms with Crippen LogP contribution in [0.4, 0.5) is 5.69 Å². The van der Waals surface area contributed by atoms with Gasteiger partial charge < -0.3 is 9.84 Å². The fourth-order valence-corrected chi connectivity index (χ4v) is 3.70. The van der Waals surface area contributed by atoms with E-state index in [9.17, 15) is 14.7 Å². The summed E-state index contributed by atoms with van der Waals surface area (Å²) in [7, 11) is 0. The SMILES string of the molecule is CC(C)C(=O)C1=C(O)C(=O)N(c2ccc(OCc3ccccc3)cc2)C1c1ccccn1. The Morgan fingerprint density at radius 1 is 1.03 bits per heavy atom. The van der Waals surface area contributed by atoms with Crippen LogP contribution < -0.4 is 9.64 Å². The molecule has 1 N–H and O–H groups in total. The van der Waals surface area contributed by atoms with Crippen LogP contribution in [0, 0.1) is 5.92 Å². The highest BCUT2D eigenvalue weighted by molar-refractivity contribution is 6.16. The number of benzene rings is 2. The second-order valence-electron chi connectivity index (χ2n) is 7.88. The third kappa shape index (κ3) is 4.12. The number of carbonyl (C=O) groups excluding carboxylic acids is 2. The summed E-state index contributed by atoms with van der Waals surface area (Å²) in [6, 6.07) is 21.3. The van der Waals surface area contributed by atoms with E-state index >= 15 is 0 Å². The van der Waals surface area contributed by atoms with E-state index < -0.39 is 17.7 Å². The highest BCUT2D eigenvalue weighted by atomic mass is 16.5. The van der Waals surface area contributed by atoms with Crippen LogP contribution in [0.5, 0.6) is 5.75 Å². The van der Waals surface area contributed by atoms with Gasteiger partial charge in [-0.3, -0.25) is 19.5 Å². The van der Waals surface area contributed by atoms with Gasteiger partial charge in [0, 0.05) is 17.8 Å². The van der Waals surface area contributed by atoms with Gasteiger partial charge in [0.2, 0.25) is 0 Å². The third-order valence-electron chi connectivity index (χ3n) is 5.33. The molecule has 1 unspecified atom stereocenters. The average molecular weight is 428 g/mol. The van der Waals surface area contributed by atoms with Gasteiger partial charge in [0.15, 0.2) is 11.5 Å². The van der Waals surface area contributed by atoms with Crippen LogP contribution >= 0.6 is 0 Å². The van der Waals surface area contributed by atoms with Crippen molar-refractivity contribution in [2.75, 3.05) is 4.90 Å². The van der Waals surface area contributed by atoms with E-state index in [4.69, 9.17) is 4.74 Å². The maximum absolute atomic E-state index is 13.0. The molecule has 0 saturated heterocycles. The molecule has 2 aromatic carbocycles. The summed E-state index contributed by atoms with van der Waals surface area (Å²) in [5, 5.41) is 10.6. The molecule has 6 nitrogen and oxygen atoms in total. The summed E-state index contributed by atoms with van der Waals surface area (Å²) in [6.45, 7) is 3.91. The lowest BCUT2D eigenvalue weighted by atomic mass is 9.93. The second kappa shape index (κ2) is 9.06. The van der Waals surface area contributed by atoms with Gasteiger partial charge in [-0.25, -0.2) is 0 Å². The summed E-state index contributed by atoms with van der Waals surface area (Å²) in [5.74, 6) is -1.16. The van der Waals surface area contributed by atoms with E-state index in [1.165, 1.54) is 4.90 Å². The van der Waals surface area contributed by atoms with Crippen molar-refractivity contribution in [3.63, 3.8) is 0 Å². The van der Waals surface area contributed by atoms with Crippen molar-refractivity contribution in [3.8, 4) is 5.75 Å². The molecule has 3 aromatic rings. The molecule has 162 valence electrons. The normalized spacial score (nSPS) is 16.0. The number of aliphatic hydroxyl groups is 1. The van der Waals surface area contributed by atoms with Gasteiger partial charge in [0.05, 0.1) is 11.3 Å². The molecule has 32 heavy (non-hydrogen) atoms. The second-order valence-corrected chi connectivity index (χ2v) is 7.88. The first-order valence-electron chi connectivity index (χ1n) is 10.5. The van der Waals surface area contributed by atoms with Crippen LogP contribution in [-0.4, -0.2) is 21.8 Å². The minimum absolute atomic E-state index is 0.0769. The van der Waals surface area contributed by atoms with Crippen molar-refractivity contribution in [1.82, 2.24) is 4.98 Å². The number of hydrogen-bond acceptors (Lipinski definition) is 5. The maximum Gasteiger partial charge on any atom is 0.294 e. The van der Waals surface area contributed by atoms with Gasteiger partial charge in [-0.1, -0.05) is 50.2 Å². The van der Waals surface area contributed by atoms with Crippen LogP contribution in [0.15, 0.2) is 90.3 Å². The number of aliphatic hydroxyl groups excluding tert-OH is 1. The Hall–Kier alpha value is -3.93. The molecule has 0 bridgehead atoms. The molecule has 1 aliphatic heterocycles. The largest absolute Gasteiger partial charge is 0.503 e. The van der Waals surface area contributed by atoms with Gasteiger partial charge in [0.1, 0.15) is 18.4 Å². The van der Waals surface area contributed by atoms with Gasteiger partial charge in [-0.2, -0.15) is 0 Å². The monoisotopic (exact) mass is 428 g/mol. The molecule has 6 heteroatoms. The number of ether oxygens (including phenoxy) is 1. The Morgan fingerprint density at radius 3 is 2.34 bits per heavy atom. The molecule has 0 saturated carbocycles. The summed E-state index contributed by atoms with van der Waals surface area (Å²) in [4.78, 5) is 31.7. The molecule has 0 radical (unpaired) electrons. The smallest absolute Gasteiger partial charge is 0.294 e. The van der Waals surface area contributed by atoms with Crippen molar-refractivity contribution in [1.29, 1.82) is 0 Å². The molecule has 1 amide bonds. The van der Waals surface area contributed by atoms with Crippen LogP contribution in [-0.2, 0) is 16.2 Å². The first kappa shape index (κ1) is 21.3. The third-order valence-corrected chi connectivity index (χ3v) is 5.33. The molecule has 0 fully saturated rings. The van der Waals surface area contributed by atoms with Crippen LogP contribution in [0.2, 0.25) is 0 Å². The fourth-order valence-electron chi connectivity index (χ4n) is 3.70. The summed E-state index contributed by atoms with van der Waals surface area (Å²) in [6.07, 6.45) is 1.60. The Balaban J connectivity index is 1.64. The van der Waals surface area contributed by atoms with E-state index in [1.54, 1.807) is 62.5 Å². The zero-order valence-electron chi connectivity index (χ0n) is 17.9. The summed E-state index contributed by atoms with van der Waals surface area (Å²) in [5.41, 5.74) is 2.18. The molecule has 0 aliphatic carbocycles. The van der Waals surface area contributed by atoms with Crippen molar-refractivity contribution < 1.29 is 19.4 Å². The fraction of sp³-hybridized carbons (Fsp3) is 0.192. The molecule has 1 atom stereocenters. The first-order chi connectivity index (χ1) is 15.5. The van der Waals surface area contributed by atoms with Crippen molar-refractivity contribution in [2.24, 2.45) is 5.92 Å². The number of aromatic nitrogens is 1. The van der Waals surface area contributed by atoms with Crippen LogP contribution in [0.3, 0.4) is 0 Å². The zero-order chi connectivity index (χ0) is 22.7. The standard InChI is InChI=1S/C26H24N2O4/c1-17(2)24(29)22-23(21-10-6-7-15-27-21)28(26(31)25(22)30)19-11-13-20(14-12-19)32-16-18-8-4-3-5-9-18/h3-15,17,23,30H,16H2,1-2H3. The van der Waals surface area contributed by atoms with E-state index in [0.717, 1.165) is 5.56 Å². The predicted molar refractivity (Wildman–Crippen MR) is 121 cm³/mol. The average Bonchev–Trinajstić information content (AvgIpc) is 3.09. The number of hydrogen-bond donors (Lipinski definition) is 1. The van der Waals surface area contributed by atoms with E-state index in [1.807, 2.05) is 30.3 Å². The number of carbonyl (C=O) groups is 2. The topological polar surface area (TPSA) is 79.7 Å². The molecule has 0 spiro atoms.